The zero-order chi connectivity index (χ0) is 17.1. The van der Waals surface area contributed by atoms with Crippen LogP contribution in [-0.4, -0.2) is 59.0 Å². The van der Waals surface area contributed by atoms with Gasteiger partial charge in [-0.05, 0) is 26.0 Å². The quantitative estimate of drug-likeness (QED) is 0.909. The lowest BCUT2D eigenvalue weighted by Crippen LogP contribution is -2.54. The molecule has 0 spiro atoms. The maximum Gasteiger partial charge on any atom is 0.289 e. The predicted molar refractivity (Wildman–Crippen MR) is 85.5 cm³/mol. The third kappa shape index (κ3) is 3.48. The maximum atomic E-state index is 12.3. The van der Waals surface area contributed by atoms with E-state index in [2.05, 4.69) is 10.5 Å². The van der Waals surface area contributed by atoms with Crippen LogP contribution < -0.4 is 5.32 Å². The molecule has 0 bridgehead atoms. The number of piperazine rings is 1. The number of rotatable bonds is 4. The van der Waals surface area contributed by atoms with Gasteiger partial charge in [0.05, 0.1) is 18.0 Å². The van der Waals surface area contributed by atoms with Gasteiger partial charge in [-0.1, -0.05) is 5.16 Å². The average Bonchev–Trinajstić information content (AvgIpc) is 3.25. The van der Waals surface area contributed by atoms with Crippen molar-refractivity contribution < 1.29 is 18.5 Å². The van der Waals surface area contributed by atoms with Gasteiger partial charge in [-0.2, -0.15) is 0 Å². The van der Waals surface area contributed by atoms with Gasteiger partial charge in [0.15, 0.2) is 5.76 Å². The molecule has 3 heterocycles. The van der Waals surface area contributed by atoms with E-state index in [9.17, 15) is 9.59 Å². The van der Waals surface area contributed by atoms with Crippen LogP contribution in [0.5, 0.6) is 0 Å². The minimum atomic E-state index is -0.323. The molecule has 0 aromatic carbocycles. The second-order valence-corrected chi connectivity index (χ2v) is 5.80. The number of nitrogens with one attached hydrogen (secondary N) is 1. The van der Waals surface area contributed by atoms with E-state index in [1.165, 1.54) is 6.26 Å². The lowest BCUT2D eigenvalue weighted by molar-refractivity contribution is -0.121. The summed E-state index contributed by atoms with van der Waals surface area (Å²) in [6.45, 7) is 5.98. The van der Waals surface area contributed by atoms with E-state index >= 15 is 0 Å². The highest BCUT2D eigenvalue weighted by Gasteiger charge is 2.29. The van der Waals surface area contributed by atoms with Gasteiger partial charge in [0.1, 0.15) is 0 Å². The number of hydrogen-bond donors (Lipinski definition) is 1. The molecule has 24 heavy (non-hydrogen) atoms. The summed E-state index contributed by atoms with van der Waals surface area (Å²) in [6.07, 6.45) is 1.49. The fourth-order valence-corrected chi connectivity index (χ4v) is 2.68. The summed E-state index contributed by atoms with van der Waals surface area (Å²) in [5, 5.41) is 6.45. The van der Waals surface area contributed by atoms with Crippen molar-refractivity contribution in [3.8, 4) is 0 Å². The number of carbonyl (C=O) groups excluding carboxylic acids is 2. The molecule has 1 N–H and O–H groups in total. The van der Waals surface area contributed by atoms with E-state index in [4.69, 9.17) is 8.94 Å². The summed E-state index contributed by atoms with van der Waals surface area (Å²) in [5.74, 6) is 0.414. The number of carbonyl (C=O) groups is 2. The van der Waals surface area contributed by atoms with Crippen LogP contribution in [0, 0.1) is 6.92 Å². The molecule has 2 aromatic heterocycles. The van der Waals surface area contributed by atoms with Gasteiger partial charge in [0.2, 0.25) is 11.8 Å². The molecule has 1 fully saturated rings. The van der Waals surface area contributed by atoms with Crippen molar-refractivity contribution >= 4 is 17.7 Å². The van der Waals surface area contributed by atoms with E-state index in [1.54, 1.807) is 30.0 Å². The number of amides is 2. The zero-order valence-corrected chi connectivity index (χ0v) is 13.7. The molecule has 0 radical (unpaired) electrons. The third-order valence-corrected chi connectivity index (χ3v) is 4.13. The molecule has 8 heteroatoms. The minimum Gasteiger partial charge on any atom is -0.459 e. The van der Waals surface area contributed by atoms with Gasteiger partial charge in [-0.25, -0.2) is 0 Å². The standard InChI is InChI=1S/C16H20N4O4/c1-11-10-14(24-18-11)17-15(21)12(2)19-5-7-20(8-6-19)16(22)13-4-3-9-23-13/h3-4,9-10,12H,5-8H2,1-2H3,(H,17,21)/t12-/m1/s1. The molecule has 0 aliphatic carbocycles. The van der Waals surface area contributed by atoms with Gasteiger partial charge in [0, 0.05) is 32.2 Å². The van der Waals surface area contributed by atoms with Gasteiger partial charge < -0.3 is 13.8 Å². The normalized spacial score (nSPS) is 16.8. The first kappa shape index (κ1) is 16.3. The number of anilines is 1. The van der Waals surface area contributed by atoms with Crippen molar-refractivity contribution in [2.45, 2.75) is 19.9 Å². The first-order valence-corrected chi connectivity index (χ1v) is 7.85. The molecule has 1 aliphatic rings. The van der Waals surface area contributed by atoms with Crippen LogP contribution in [0.15, 0.2) is 33.4 Å². The second kappa shape index (κ2) is 6.88. The Morgan fingerprint density at radius 3 is 2.62 bits per heavy atom. The second-order valence-electron chi connectivity index (χ2n) is 5.80. The van der Waals surface area contributed by atoms with E-state index in [0.717, 1.165) is 0 Å². The molecule has 1 atom stereocenters. The van der Waals surface area contributed by atoms with Crippen LogP contribution >= 0.6 is 0 Å². The van der Waals surface area contributed by atoms with Crippen LogP contribution in [0.25, 0.3) is 0 Å². The van der Waals surface area contributed by atoms with E-state index < -0.39 is 0 Å². The Labute approximate surface area is 139 Å². The van der Waals surface area contributed by atoms with Crippen molar-refractivity contribution in [3.63, 3.8) is 0 Å². The van der Waals surface area contributed by atoms with Crippen LogP contribution in [-0.2, 0) is 4.79 Å². The molecule has 0 unspecified atom stereocenters. The van der Waals surface area contributed by atoms with Crippen LogP contribution in [0.4, 0.5) is 5.88 Å². The molecule has 2 aromatic rings. The Kier molecular flexibility index (Phi) is 4.66. The highest BCUT2D eigenvalue weighted by atomic mass is 16.5. The Bertz CT molecular complexity index is 701. The average molecular weight is 332 g/mol. The number of hydrogen-bond acceptors (Lipinski definition) is 6. The Hall–Kier alpha value is -2.61. The molecular formula is C16H20N4O4. The molecule has 8 nitrogen and oxygen atoms in total. The molecule has 1 aliphatic heterocycles. The third-order valence-electron chi connectivity index (χ3n) is 4.13. The fraction of sp³-hybridized carbons (Fsp3) is 0.438. The summed E-state index contributed by atoms with van der Waals surface area (Å²) < 4.78 is 10.1. The smallest absolute Gasteiger partial charge is 0.289 e. The molecule has 128 valence electrons. The molecule has 0 saturated carbocycles. The van der Waals surface area contributed by atoms with Crippen molar-refractivity contribution in [1.82, 2.24) is 15.0 Å². The first-order chi connectivity index (χ1) is 11.5. The lowest BCUT2D eigenvalue weighted by Gasteiger charge is -2.36. The lowest BCUT2D eigenvalue weighted by atomic mass is 10.2. The van der Waals surface area contributed by atoms with Crippen molar-refractivity contribution in [3.05, 3.63) is 35.9 Å². The van der Waals surface area contributed by atoms with Crippen molar-refractivity contribution in [2.75, 3.05) is 31.5 Å². The Morgan fingerprint density at radius 1 is 1.29 bits per heavy atom. The van der Waals surface area contributed by atoms with Crippen molar-refractivity contribution in [2.24, 2.45) is 0 Å². The number of furan rings is 1. The topological polar surface area (TPSA) is 91.8 Å². The number of nitrogens with zero attached hydrogens (tertiary/aromatic N) is 3. The van der Waals surface area contributed by atoms with E-state index in [-0.39, 0.29) is 17.9 Å². The van der Waals surface area contributed by atoms with Gasteiger partial charge in [-0.15, -0.1) is 0 Å². The summed E-state index contributed by atoms with van der Waals surface area (Å²) in [5.41, 5.74) is 0.711. The molecule has 3 rings (SSSR count). The highest BCUT2D eigenvalue weighted by molar-refractivity contribution is 5.93. The number of aromatic nitrogens is 1. The Balaban J connectivity index is 1.52. The largest absolute Gasteiger partial charge is 0.459 e. The zero-order valence-electron chi connectivity index (χ0n) is 13.7. The molecule has 2 amide bonds. The minimum absolute atomic E-state index is 0.117. The predicted octanol–water partition coefficient (Wildman–Crippen LogP) is 1.36. The van der Waals surface area contributed by atoms with Gasteiger partial charge >= 0.3 is 0 Å². The van der Waals surface area contributed by atoms with Crippen LogP contribution in [0.2, 0.25) is 0 Å². The van der Waals surface area contributed by atoms with Gasteiger partial charge in [-0.3, -0.25) is 19.8 Å². The van der Waals surface area contributed by atoms with Crippen LogP contribution in [0.1, 0.15) is 23.2 Å². The van der Waals surface area contributed by atoms with Crippen molar-refractivity contribution in [1.29, 1.82) is 0 Å². The summed E-state index contributed by atoms with van der Waals surface area (Å²) in [7, 11) is 0. The summed E-state index contributed by atoms with van der Waals surface area (Å²) in [6, 6.07) is 4.70. The molecular weight excluding hydrogens is 312 g/mol. The fourth-order valence-electron chi connectivity index (χ4n) is 2.68. The highest BCUT2D eigenvalue weighted by Crippen LogP contribution is 2.13. The Morgan fingerprint density at radius 2 is 2.04 bits per heavy atom. The van der Waals surface area contributed by atoms with Gasteiger partial charge in [0.25, 0.3) is 5.91 Å². The van der Waals surface area contributed by atoms with Crippen LogP contribution in [0.3, 0.4) is 0 Å². The summed E-state index contributed by atoms with van der Waals surface area (Å²) >= 11 is 0. The monoisotopic (exact) mass is 332 g/mol. The SMILES string of the molecule is Cc1cc(NC(=O)[C@@H](C)N2CCN(C(=O)c3ccco3)CC2)on1. The summed E-state index contributed by atoms with van der Waals surface area (Å²) in [4.78, 5) is 28.3. The maximum absolute atomic E-state index is 12.3. The van der Waals surface area contributed by atoms with E-state index in [1.807, 2.05) is 11.8 Å². The number of aryl methyl sites for hydroxylation is 1. The first-order valence-electron chi connectivity index (χ1n) is 7.85. The van der Waals surface area contributed by atoms with E-state index in [0.29, 0.717) is 43.5 Å². The molecule has 1 saturated heterocycles.